The summed E-state index contributed by atoms with van der Waals surface area (Å²) < 4.78 is 28.2. The molecule has 3 aromatic carbocycles. The van der Waals surface area contributed by atoms with Gasteiger partial charge in [-0.2, -0.15) is 5.10 Å². The van der Waals surface area contributed by atoms with E-state index >= 15 is 0 Å². The predicted octanol–water partition coefficient (Wildman–Crippen LogP) is 4.19. The number of hydrogen-bond acceptors (Lipinski definition) is 7. The molecule has 0 saturated heterocycles. The SMILES string of the molecule is O=C(O)c1ccccc1NS(=O)(=O)c1cc([N+](=O)[O-])ccc1N/N=C\c1ccc(Cl)cc1. The first kappa shape index (κ1) is 22.7. The van der Waals surface area contributed by atoms with E-state index in [2.05, 4.69) is 15.2 Å². The van der Waals surface area contributed by atoms with Gasteiger partial charge in [-0.25, -0.2) is 13.2 Å². The normalized spacial score (nSPS) is 11.3. The molecule has 10 nitrogen and oxygen atoms in total. The molecule has 0 aliphatic carbocycles. The zero-order valence-electron chi connectivity index (χ0n) is 16.1. The highest BCUT2D eigenvalue weighted by molar-refractivity contribution is 7.93. The van der Waals surface area contributed by atoms with E-state index in [9.17, 15) is 28.4 Å². The second kappa shape index (κ2) is 9.45. The van der Waals surface area contributed by atoms with Gasteiger partial charge in [-0.1, -0.05) is 35.9 Å². The fourth-order valence-corrected chi connectivity index (χ4v) is 4.01. The second-order valence-corrected chi connectivity index (χ2v) is 8.40. The van der Waals surface area contributed by atoms with Crippen molar-refractivity contribution in [2.45, 2.75) is 4.90 Å². The summed E-state index contributed by atoms with van der Waals surface area (Å²) in [6.45, 7) is 0. The molecule has 0 saturated carbocycles. The van der Waals surface area contributed by atoms with Gasteiger partial charge in [-0.05, 0) is 35.9 Å². The van der Waals surface area contributed by atoms with Gasteiger partial charge in [0, 0.05) is 17.2 Å². The number of anilines is 2. The van der Waals surface area contributed by atoms with Crippen molar-refractivity contribution in [2.75, 3.05) is 10.1 Å². The first-order valence-electron chi connectivity index (χ1n) is 8.85. The highest BCUT2D eigenvalue weighted by Crippen LogP contribution is 2.29. The van der Waals surface area contributed by atoms with Crippen LogP contribution in [0.15, 0.2) is 76.7 Å². The van der Waals surface area contributed by atoms with Gasteiger partial charge < -0.3 is 5.11 Å². The smallest absolute Gasteiger partial charge is 0.337 e. The molecule has 0 spiro atoms. The van der Waals surface area contributed by atoms with Crippen LogP contribution in [-0.2, 0) is 10.0 Å². The molecule has 164 valence electrons. The number of non-ortho nitro benzene ring substituents is 1. The molecule has 0 bridgehead atoms. The van der Waals surface area contributed by atoms with E-state index in [0.29, 0.717) is 10.6 Å². The summed E-state index contributed by atoms with van der Waals surface area (Å²) >= 11 is 5.82. The van der Waals surface area contributed by atoms with Crippen molar-refractivity contribution < 1.29 is 23.2 Å². The Labute approximate surface area is 187 Å². The molecule has 3 aromatic rings. The Hall–Kier alpha value is -3.96. The van der Waals surface area contributed by atoms with Crippen LogP contribution >= 0.6 is 11.6 Å². The number of halogens is 1. The minimum absolute atomic E-state index is 0.0545. The van der Waals surface area contributed by atoms with E-state index in [4.69, 9.17) is 11.6 Å². The number of nitro groups is 1. The van der Waals surface area contributed by atoms with E-state index in [1.807, 2.05) is 0 Å². The lowest BCUT2D eigenvalue weighted by atomic mass is 10.2. The monoisotopic (exact) mass is 474 g/mol. The third kappa shape index (κ3) is 5.39. The molecular weight excluding hydrogens is 460 g/mol. The molecule has 3 N–H and O–H groups in total. The van der Waals surface area contributed by atoms with Crippen molar-refractivity contribution in [3.8, 4) is 0 Å². The summed E-state index contributed by atoms with van der Waals surface area (Å²) in [6, 6.07) is 15.2. The Bertz CT molecular complexity index is 1310. The minimum atomic E-state index is -4.43. The Morgan fingerprint density at radius 3 is 2.41 bits per heavy atom. The van der Waals surface area contributed by atoms with Crippen LogP contribution in [0.3, 0.4) is 0 Å². The number of nitrogens with one attached hydrogen (secondary N) is 2. The number of para-hydroxylation sites is 1. The lowest BCUT2D eigenvalue weighted by Gasteiger charge is -2.13. The van der Waals surface area contributed by atoms with Gasteiger partial charge in [0.2, 0.25) is 0 Å². The largest absolute Gasteiger partial charge is 0.478 e. The van der Waals surface area contributed by atoms with Gasteiger partial charge in [0.25, 0.3) is 15.7 Å². The first-order chi connectivity index (χ1) is 15.2. The topological polar surface area (TPSA) is 151 Å². The fraction of sp³-hybridized carbons (Fsp3) is 0. The fourth-order valence-electron chi connectivity index (χ4n) is 2.62. The second-order valence-electron chi connectivity index (χ2n) is 6.32. The number of hydrogen-bond donors (Lipinski definition) is 3. The van der Waals surface area contributed by atoms with Crippen LogP contribution in [0, 0.1) is 10.1 Å². The number of sulfonamides is 1. The number of carboxylic acid groups (broad SMARTS) is 1. The molecule has 0 aliphatic rings. The maximum Gasteiger partial charge on any atom is 0.337 e. The van der Waals surface area contributed by atoms with E-state index in [1.165, 1.54) is 36.5 Å². The summed E-state index contributed by atoms with van der Waals surface area (Å²) in [6.07, 6.45) is 1.40. The van der Waals surface area contributed by atoms with Crippen LogP contribution in [0.25, 0.3) is 0 Å². The zero-order chi connectivity index (χ0) is 23.3. The van der Waals surface area contributed by atoms with Crippen LogP contribution in [0.1, 0.15) is 15.9 Å². The van der Waals surface area contributed by atoms with Gasteiger partial charge in [0.05, 0.1) is 28.1 Å². The molecule has 0 amide bonds. The van der Waals surface area contributed by atoms with Crippen molar-refractivity contribution >= 4 is 50.9 Å². The Morgan fingerprint density at radius 2 is 1.75 bits per heavy atom. The molecule has 0 fully saturated rings. The van der Waals surface area contributed by atoms with Gasteiger partial charge in [0.15, 0.2) is 0 Å². The van der Waals surface area contributed by atoms with E-state index < -0.39 is 31.5 Å². The third-order valence-electron chi connectivity index (χ3n) is 4.14. The quantitative estimate of drug-likeness (QED) is 0.251. The van der Waals surface area contributed by atoms with E-state index in [-0.39, 0.29) is 16.9 Å². The Morgan fingerprint density at radius 1 is 1.06 bits per heavy atom. The zero-order valence-corrected chi connectivity index (χ0v) is 17.7. The average Bonchev–Trinajstić information content (AvgIpc) is 2.75. The Kier molecular flexibility index (Phi) is 6.71. The number of aromatic carboxylic acids is 1. The van der Waals surface area contributed by atoms with Crippen molar-refractivity contribution in [1.29, 1.82) is 0 Å². The number of hydrazone groups is 1. The number of rotatable bonds is 8. The van der Waals surface area contributed by atoms with Crippen molar-refractivity contribution in [1.82, 2.24) is 0 Å². The molecule has 12 heteroatoms. The van der Waals surface area contributed by atoms with Gasteiger partial charge in [-0.15, -0.1) is 0 Å². The van der Waals surface area contributed by atoms with Gasteiger partial charge >= 0.3 is 5.97 Å². The summed E-state index contributed by atoms with van der Waals surface area (Å²) in [5.74, 6) is -1.34. The maximum atomic E-state index is 13.0. The van der Waals surface area contributed by atoms with Gasteiger partial charge in [0.1, 0.15) is 4.90 Å². The molecule has 0 aromatic heterocycles. The summed E-state index contributed by atoms with van der Waals surface area (Å²) in [4.78, 5) is 21.3. The molecule has 0 radical (unpaired) electrons. The average molecular weight is 475 g/mol. The molecule has 32 heavy (non-hydrogen) atoms. The van der Waals surface area contributed by atoms with E-state index in [0.717, 1.165) is 12.1 Å². The van der Waals surface area contributed by atoms with Crippen LogP contribution in [0.2, 0.25) is 5.02 Å². The highest BCUT2D eigenvalue weighted by atomic mass is 35.5. The summed E-state index contributed by atoms with van der Waals surface area (Å²) in [7, 11) is -4.43. The molecular formula is C20H15ClN4O6S. The van der Waals surface area contributed by atoms with Crippen LogP contribution < -0.4 is 10.1 Å². The summed E-state index contributed by atoms with van der Waals surface area (Å²) in [5.41, 5.74) is 2.22. The summed E-state index contributed by atoms with van der Waals surface area (Å²) in [5, 5.41) is 25.0. The highest BCUT2D eigenvalue weighted by Gasteiger charge is 2.24. The van der Waals surface area contributed by atoms with Crippen LogP contribution in [0.4, 0.5) is 17.1 Å². The maximum absolute atomic E-state index is 13.0. The van der Waals surface area contributed by atoms with E-state index in [1.54, 1.807) is 24.3 Å². The van der Waals surface area contributed by atoms with Crippen LogP contribution in [0.5, 0.6) is 0 Å². The first-order valence-corrected chi connectivity index (χ1v) is 10.7. The third-order valence-corrected chi connectivity index (χ3v) is 5.79. The lowest BCUT2D eigenvalue weighted by molar-refractivity contribution is -0.385. The molecule has 0 aliphatic heterocycles. The van der Waals surface area contributed by atoms with Crippen molar-refractivity contribution in [3.63, 3.8) is 0 Å². The molecule has 3 rings (SSSR count). The standard InChI is InChI=1S/C20H15ClN4O6S/c21-14-7-5-13(6-8-14)12-22-23-18-10-9-15(25(28)29)11-19(18)32(30,31)24-17-4-2-1-3-16(17)20(26)27/h1-12,23-24H,(H,26,27)/b22-12-. The molecule has 0 unspecified atom stereocenters. The van der Waals surface area contributed by atoms with Crippen molar-refractivity contribution in [2.24, 2.45) is 5.10 Å². The molecule has 0 heterocycles. The lowest BCUT2D eigenvalue weighted by Crippen LogP contribution is -2.17. The Balaban J connectivity index is 1.97. The number of carboxylic acids is 1. The van der Waals surface area contributed by atoms with Crippen molar-refractivity contribution in [3.05, 3.63) is 93.0 Å². The molecule has 0 atom stereocenters. The predicted molar refractivity (Wildman–Crippen MR) is 120 cm³/mol. The minimum Gasteiger partial charge on any atom is -0.478 e. The number of nitrogens with zero attached hydrogens (tertiary/aromatic N) is 2. The number of nitro benzene ring substituents is 1. The number of benzene rings is 3. The number of carbonyl (C=O) groups is 1. The van der Waals surface area contributed by atoms with Crippen LogP contribution in [-0.4, -0.2) is 30.6 Å². The van der Waals surface area contributed by atoms with Gasteiger partial charge in [-0.3, -0.25) is 20.3 Å².